The second kappa shape index (κ2) is 4.92. The van der Waals surface area contributed by atoms with E-state index in [1.54, 1.807) is 0 Å². The molecule has 0 saturated carbocycles. The largest absolute Gasteiger partial charge is 0.397 e. The van der Waals surface area contributed by atoms with Crippen molar-refractivity contribution in [2.45, 2.75) is 32.7 Å². The summed E-state index contributed by atoms with van der Waals surface area (Å²) in [5.74, 6) is 0. The lowest BCUT2D eigenvalue weighted by molar-refractivity contribution is 0.274. The van der Waals surface area contributed by atoms with E-state index in [9.17, 15) is 0 Å². The predicted octanol–water partition coefficient (Wildman–Crippen LogP) is 1.41. The highest BCUT2D eigenvalue weighted by atomic mass is 16.3. The first-order valence-electron chi connectivity index (χ1n) is 4.83. The fourth-order valence-electron chi connectivity index (χ4n) is 1.46. The summed E-state index contributed by atoms with van der Waals surface area (Å²) < 4.78 is 2.03. The topological polar surface area (TPSA) is 51.2 Å². The Morgan fingerprint density at radius 1 is 1.54 bits per heavy atom. The summed E-state index contributed by atoms with van der Waals surface area (Å²) >= 11 is 0. The first-order chi connectivity index (χ1) is 6.27. The third-order valence-corrected chi connectivity index (χ3v) is 2.13. The third-order valence-electron chi connectivity index (χ3n) is 2.13. The van der Waals surface area contributed by atoms with Crippen molar-refractivity contribution in [3.63, 3.8) is 0 Å². The molecule has 0 aliphatic heterocycles. The molecule has 13 heavy (non-hydrogen) atoms. The van der Waals surface area contributed by atoms with Crippen LogP contribution in [0, 0.1) is 0 Å². The van der Waals surface area contributed by atoms with E-state index >= 15 is 0 Å². The fraction of sp³-hybridized carbons (Fsp3) is 0.600. The van der Waals surface area contributed by atoms with E-state index in [4.69, 9.17) is 10.8 Å². The molecule has 0 spiro atoms. The minimum absolute atomic E-state index is 0.174. The lowest BCUT2D eigenvalue weighted by Crippen LogP contribution is -2.04. The Bertz CT molecular complexity index is 255. The van der Waals surface area contributed by atoms with Gasteiger partial charge < -0.3 is 15.4 Å². The summed E-state index contributed by atoms with van der Waals surface area (Å²) in [5.41, 5.74) is 7.70. The molecule has 1 aromatic rings. The Balaban J connectivity index is 2.66. The van der Waals surface area contributed by atoms with Gasteiger partial charge in [-0.15, -0.1) is 0 Å². The lowest BCUT2D eigenvalue weighted by Gasteiger charge is -2.05. The van der Waals surface area contributed by atoms with Crippen LogP contribution in [-0.2, 0) is 13.0 Å². The van der Waals surface area contributed by atoms with Crippen molar-refractivity contribution in [3.8, 4) is 0 Å². The number of unbranched alkanes of at least 4 members (excludes halogenated alkanes) is 1. The summed E-state index contributed by atoms with van der Waals surface area (Å²) in [6.07, 6.45) is 5.30. The number of nitrogens with two attached hydrogens (primary N) is 1. The molecule has 0 radical (unpaired) electrons. The zero-order valence-electron chi connectivity index (χ0n) is 8.16. The predicted molar refractivity (Wildman–Crippen MR) is 54.5 cm³/mol. The number of aliphatic hydroxyl groups excluding tert-OH is 1. The van der Waals surface area contributed by atoms with Crippen molar-refractivity contribution < 1.29 is 5.11 Å². The van der Waals surface area contributed by atoms with Crippen molar-refractivity contribution in [2.75, 3.05) is 12.3 Å². The molecule has 0 saturated heterocycles. The first-order valence-corrected chi connectivity index (χ1v) is 4.83. The van der Waals surface area contributed by atoms with Crippen molar-refractivity contribution in [1.29, 1.82) is 0 Å². The van der Waals surface area contributed by atoms with E-state index in [2.05, 4.69) is 6.92 Å². The van der Waals surface area contributed by atoms with Gasteiger partial charge in [0.25, 0.3) is 0 Å². The van der Waals surface area contributed by atoms with Crippen LogP contribution in [-0.4, -0.2) is 16.3 Å². The van der Waals surface area contributed by atoms with Gasteiger partial charge in [-0.2, -0.15) is 0 Å². The summed E-state index contributed by atoms with van der Waals surface area (Å²) in [6, 6.07) is 1.99. The van der Waals surface area contributed by atoms with E-state index in [0.29, 0.717) is 6.54 Å². The molecule has 0 unspecified atom stereocenters. The highest BCUT2D eigenvalue weighted by Gasteiger charge is 2.02. The van der Waals surface area contributed by atoms with Gasteiger partial charge in [0.1, 0.15) is 0 Å². The smallest absolute Gasteiger partial charge is 0.0610 e. The molecule has 74 valence electrons. The second-order valence-electron chi connectivity index (χ2n) is 3.29. The van der Waals surface area contributed by atoms with E-state index in [1.807, 2.05) is 16.8 Å². The Morgan fingerprint density at radius 3 is 2.92 bits per heavy atom. The molecule has 0 aromatic carbocycles. The summed E-state index contributed by atoms with van der Waals surface area (Å²) in [4.78, 5) is 0. The van der Waals surface area contributed by atoms with Crippen LogP contribution in [0.4, 0.5) is 5.69 Å². The van der Waals surface area contributed by atoms with Gasteiger partial charge in [0, 0.05) is 24.1 Å². The van der Waals surface area contributed by atoms with Crippen LogP contribution < -0.4 is 5.73 Å². The van der Waals surface area contributed by atoms with Gasteiger partial charge in [0.15, 0.2) is 0 Å². The summed E-state index contributed by atoms with van der Waals surface area (Å²) in [6.45, 7) is 2.99. The quantitative estimate of drug-likeness (QED) is 0.723. The molecule has 0 atom stereocenters. The number of aryl methyl sites for hydroxylation is 1. The lowest BCUT2D eigenvalue weighted by atomic mass is 10.2. The van der Waals surface area contributed by atoms with Gasteiger partial charge in [0.05, 0.1) is 6.61 Å². The number of hydrogen-bond acceptors (Lipinski definition) is 2. The molecule has 1 rings (SSSR count). The summed E-state index contributed by atoms with van der Waals surface area (Å²) in [7, 11) is 0. The molecule has 0 bridgehead atoms. The van der Waals surface area contributed by atoms with Gasteiger partial charge in [-0.25, -0.2) is 0 Å². The molecule has 0 aliphatic rings. The van der Waals surface area contributed by atoms with Gasteiger partial charge in [-0.3, -0.25) is 0 Å². The Morgan fingerprint density at radius 2 is 2.31 bits per heavy atom. The minimum Gasteiger partial charge on any atom is -0.397 e. The third kappa shape index (κ3) is 2.77. The Kier molecular flexibility index (Phi) is 3.83. The van der Waals surface area contributed by atoms with Crippen molar-refractivity contribution in [2.24, 2.45) is 0 Å². The van der Waals surface area contributed by atoms with E-state index in [0.717, 1.165) is 12.1 Å². The highest BCUT2D eigenvalue weighted by Crippen LogP contribution is 2.12. The van der Waals surface area contributed by atoms with Gasteiger partial charge >= 0.3 is 0 Å². The first kappa shape index (κ1) is 10.1. The van der Waals surface area contributed by atoms with Crippen LogP contribution >= 0.6 is 0 Å². The summed E-state index contributed by atoms with van der Waals surface area (Å²) in [5, 5.41) is 8.82. The number of nitrogen functional groups attached to an aromatic ring is 1. The van der Waals surface area contributed by atoms with Crippen LogP contribution in [0.15, 0.2) is 12.3 Å². The van der Waals surface area contributed by atoms with Crippen LogP contribution in [0.25, 0.3) is 0 Å². The number of rotatable bonds is 5. The van der Waals surface area contributed by atoms with Crippen molar-refractivity contribution in [3.05, 3.63) is 18.0 Å². The molecule has 0 aliphatic carbocycles. The van der Waals surface area contributed by atoms with E-state index < -0.39 is 0 Å². The average molecular weight is 182 g/mol. The van der Waals surface area contributed by atoms with Gasteiger partial charge in [-0.05, 0) is 18.9 Å². The van der Waals surface area contributed by atoms with Gasteiger partial charge in [0.2, 0.25) is 0 Å². The zero-order valence-corrected chi connectivity index (χ0v) is 8.16. The van der Waals surface area contributed by atoms with Crippen molar-refractivity contribution in [1.82, 2.24) is 4.57 Å². The molecular weight excluding hydrogens is 164 g/mol. The molecule has 3 nitrogen and oxygen atoms in total. The maximum Gasteiger partial charge on any atom is 0.0610 e. The molecule has 3 heteroatoms. The number of nitrogens with zero attached hydrogens (tertiary/aromatic N) is 1. The van der Waals surface area contributed by atoms with E-state index in [-0.39, 0.29) is 6.61 Å². The zero-order chi connectivity index (χ0) is 9.68. The number of hydrogen-bond donors (Lipinski definition) is 2. The number of aromatic nitrogens is 1. The van der Waals surface area contributed by atoms with Gasteiger partial charge in [-0.1, -0.05) is 13.3 Å². The van der Waals surface area contributed by atoms with Crippen molar-refractivity contribution >= 4 is 5.69 Å². The Labute approximate surface area is 79.2 Å². The molecule has 3 N–H and O–H groups in total. The number of anilines is 1. The average Bonchev–Trinajstić information content (AvgIpc) is 2.44. The van der Waals surface area contributed by atoms with Crippen LogP contribution in [0.3, 0.4) is 0 Å². The van der Waals surface area contributed by atoms with Crippen LogP contribution in [0.1, 0.15) is 25.5 Å². The molecule has 1 aromatic heterocycles. The second-order valence-corrected chi connectivity index (χ2v) is 3.29. The highest BCUT2D eigenvalue weighted by molar-refractivity contribution is 5.38. The standard InChI is InChI=1S/C10H18N2O/c1-2-3-4-10-7-9(11)8-12(10)5-6-13/h7-8,13H,2-6,11H2,1H3. The SMILES string of the molecule is CCCCc1cc(N)cn1CCO. The normalized spacial score (nSPS) is 10.6. The molecule has 0 amide bonds. The van der Waals surface area contributed by atoms with E-state index in [1.165, 1.54) is 18.5 Å². The maximum atomic E-state index is 8.82. The van der Waals surface area contributed by atoms with Crippen LogP contribution in [0.5, 0.6) is 0 Å². The Hall–Kier alpha value is -0.960. The fourth-order valence-corrected chi connectivity index (χ4v) is 1.46. The minimum atomic E-state index is 0.174. The van der Waals surface area contributed by atoms with Crippen LogP contribution in [0.2, 0.25) is 0 Å². The number of aliphatic hydroxyl groups is 1. The maximum absolute atomic E-state index is 8.82. The molecular formula is C10H18N2O. The molecule has 0 fully saturated rings. The molecule has 1 heterocycles. The monoisotopic (exact) mass is 182 g/mol.